The Balaban J connectivity index is 1.73. The molecule has 0 aromatic carbocycles. The molecule has 0 unspecified atom stereocenters. The number of nitrogens with zero attached hydrogens (tertiary/aromatic N) is 1. The van der Waals surface area contributed by atoms with E-state index in [1.54, 1.807) is 0 Å². The van der Waals surface area contributed by atoms with Gasteiger partial charge >= 0.3 is 5.97 Å². The van der Waals surface area contributed by atoms with Gasteiger partial charge in [-0.05, 0) is 31.6 Å². The average molecular weight is 282 g/mol. The van der Waals surface area contributed by atoms with Crippen molar-refractivity contribution < 1.29 is 19.5 Å². The maximum Gasteiger partial charge on any atom is 0.326 e. The van der Waals surface area contributed by atoms with E-state index in [4.69, 9.17) is 5.11 Å². The summed E-state index contributed by atoms with van der Waals surface area (Å²) in [6.45, 7) is 0.379. The van der Waals surface area contributed by atoms with Crippen LogP contribution in [0.1, 0.15) is 44.9 Å². The van der Waals surface area contributed by atoms with Crippen LogP contribution < -0.4 is 5.32 Å². The van der Waals surface area contributed by atoms with Gasteiger partial charge in [-0.2, -0.15) is 0 Å². The molecule has 6 nitrogen and oxygen atoms in total. The lowest BCUT2D eigenvalue weighted by Crippen LogP contribution is -2.45. The summed E-state index contributed by atoms with van der Waals surface area (Å²) in [5.41, 5.74) is 0. The van der Waals surface area contributed by atoms with Crippen LogP contribution in [-0.2, 0) is 14.4 Å². The van der Waals surface area contributed by atoms with Crippen LogP contribution in [0.5, 0.6) is 0 Å². The zero-order valence-electron chi connectivity index (χ0n) is 11.6. The lowest BCUT2D eigenvalue weighted by molar-refractivity contribution is -0.148. The Bertz CT molecular complexity index is 391. The predicted molar refractivity (Wildman–Crippen MR) is 72.0 cm³/mol. The summed E-state index contributed by atoms with van der Waals surface area (Å²) in [5.74, 6) is -0.914. The van der Waals surface area contributed by atoms with E-state index in [9.17, 15) is 14.4 Å². The standard InChI is InChI=1S/C14H22N2O4/c17-12(8-10-4-1-2-5-10)15-9-13(18)16-7-3-6-11(16)14(19)20/h10-11H,1-9H2,(H,15,17)(H,19,20)/t11-/m0/s1. The van der Waals surface area contributed by atoms with Gasteiger partial charge < -0.3 is 15.3 Å². The third-order valence-corrected chi connectivity index (χ3v) is 4.24. The van der Waals surface area contributed by atoms with Crippen molar-refractivity contribution in [3.05, 3.63) is 0 Å². The number of carboxylic acid groups (broad SMARTS) is 1. The Morgan fingerprint density at radius 2 is 1.80 bits per heavy atom. The average Bonchev–Trinajstić information content (AvgIpc) is 3.06. The van der Waals surface area contributed by atoms with Gasteiger partial charge in [0, 0.05) is 13.0 Å². The first-order valence-electron chi connectivity index (χ1n) is 7.37. The Morgan fingerprint density at radius 1 is 1.10 bits per heavy atom. The van der Waals surface area contributed by atoms with E-state index in [2.05, 4.69) is 5.32 Å². The van der Waals surface area contributed by atoms with Gasteiger partial charge in [-0.25, -0.2) is 4.79 Å². The third-order valence-electron chi connectivity index (χ3n) is 4.24. The number of hydrogen-bond acceptors (Lipinski definition) is 3. The molecule has 2 amide bonds. The number of carboxylic acids is 1. The number of aliphatic carboxylic acids is 1. The summed E-state index contributed by atoms with van der Waals surface area (Å²) in [4.78, 5) is 36.0. The Labute approximate surface area is 118 Å². The van der Waals surface area contributed by atoms with Crippen LogP contribution in [0.25, 0.3) is 0 Å². The van der Waals surface area contributed by atoms with Crippen molar-refractivity contribution >= 4 is 17.8 Å². The minimum absolute atomic E-state index is 0.0880. The van der Waals surface area contributed by atoms with E-state index in [1.807, 2.05) is 0 Å². The Kier molecular flexibility index (Phi) is 4.98. The molecule has 1 saturated carbocycles. The molecule has 2 fully saturated rings. The molecule has 2 N–H and O–H groups in total. The van der Waals surface area contributed by atoms with Crippen molar-refractivity contribution in [3.8, 4) is 0 Å². The van der Waals surface area contributed by atoms with E-state index >= 15 is 0 Å². The molecule has 0 aromatic heterocycles. The largest absolute Gasteiger partial charge is 0.480 e. The zero-order valence-corrected chi connectivity index (χ0v) is 11.6. The van der Waals surface area contributed by atoms with Gasteiger partial charge in [0.2, 0.25) is 11.8 Å². The van der Waals surface area contributed by atoms with Crippen LogP contribution >= 0.6 is 0 Å². The summed E-state index contributed by atoms with van der Waals surface area (Å²) in [6.07, 6.45) is 6.24. The van der Waals surface area contributed by atoms with Gasteiger partial charge in [0.05, 0.1) is 6.54 Å². The van der Waals surface area contributed by atoms with E-state index < -0.39 is 12.0 Å². The molecule has 2 rings (SSSR count). The highest BCUT2D eigenvalue weighted by Crippen LogP contribution is 2.27. The molecule has 0 spiro atoms. The molecule has 0 radical (unpaired) electrons. The summed E-state index contributed by atoms with van der Waals surface area (Å²) >= 11 is 0. The monoisotopic (exact) mass is 282 g/mol. The first-order chi connectivity index (χ1) is 9.58. The first-order valence-corrected chi connectivity index (χ1v) is 7.37. The second kappa shape index (κ2) is 6.72. The molecule has 0 bridgehead atoms. The van der Waals surface area contributed by atoms with Gasteiger partial charge in [-0.1, -0.05) is 12.8 Å². The summed E-state index contributed by atoms with van der Waals surface area (Å²) in [7, 11) is 0. The Hall–Kier alpha value is -1.59. The van der Waals surface area contributed by atoms with Gasteiger partial charge in [-0.3, -0.25) is 9.59 Å². The maximum atomic E-state index is 11.9. The summed E-state index contributed by atoms with van der Waals surface area (Å²) in [6, 6.07) is -0.728. The fraction of sp³-hybridized carbons (Fsp3) is 0.786. The molecule has 1 saturated heterocycles. The molecular weight excluding hydrogens is 260 g/mol. The lowest BCUT2D eigenvalue weighted by Gasteiger charge is -2.21. The van der Waals surface area contributed by atoms with Gasteiger partial charge in [0.1, 0.15) is 6.04 Å². The van der Waals surface area contributed by atoms with E-state index in [-0.39, 0.29) is 18.4 Å². The van der Waals surface area contributed by atoms with Gasteiger partial charge in [-0.15, -0.1) is 0 Å². The van der Waals surface area contributed by atoms with E-state index in [1.165, 1.54) is 17.7 Å². The molecule has 1 aliphatic carbocycles. The lowest BCUT2D eigenvalue weighted by atomic mass is 10.0. The molecule has 6 heteroatoms. The van der Waals surface area contributed by atoms with Crippen molar-refractivity contribution in [2.45, 2.75) is 51.0 Å². The second-order valence-corrected chi connectivity index (χ2v) is 5.71. The molecule has 112 valence electrons. The minimum Gasteiger partial charge on any atom is -0.480 e. The first kappa shape index (κ1) is 14.8. The highest BCUT2D eigenvalue weighted by atomic mass is 16.4. The number of rotatable bonds is 5. The normalized spacial score (nSPS) is 23.0. The van der Waals surface area contributed by atoms with Crippen molar-refractivity contribution in [2.24, 2.45) is 5.92 Å². The van der Waals surface area contributed by atoms with Crippen LogP contribution in [0.15, 0.2) is 0 Å². The summed E-state index contributed by atoms with van der Waals surface area (Å²) < 4.78 is 0. The number of carbonyl (C=O) groups excluding carboxylic acids is 2. The fourth-order valence-electron chi connectivity index (χ4n) is 3.15. The van der Waals surface area contributed by atoms with Crippen molar-refractivity contribution in [1.82, 2.24) is 10.2 Å². The van der Waals surface area contributed by atoms with E-state index in [0.717, 1.165) is 12.8 Å². The molecule has 0 aromatic rings. The molecule has 1 heterocycles. The number of carbonyl (C=O) groups is 3. The minimum atomic E-state index is -0.965. The van der Waals surface area contributed by atoms with Crippen LogP contribution in [0.2, 0.25) is 0 Å². The topological polar surface area (TPSA) is 86.7 Å². The van der Waals surface area contributed by atoms with Crippen molar-refractivity contribution in [3.63, 3.8) is 0 Å². The van der Waals surface area contributed by atoms with Crippen LogP contribution in [0, 0.1) is 5.92 Å². The smallest absolute Gasteiger partial charge is 0.326 e. The quantitative estimate of drug-likeness (QED) is 0.779. The summed E-state index contributed by atoms with van der Waals surface area (Å²) in [5, 5.41) is 11.6. The second-order valence-electron chi connectivity index (χ2n) is 5.71. The van der Waals surface area contributed by atoms with Crippen LogP contribution in [0.3, 0.4) is 0 Å². The van der Waals surface area contributed by atoms with Crippen molar-refractivity contribution in [1.29, 1.82) is 0 Å². The molecule has 2 aliphatic rings. The zero-order chi connectivity index (χ0) is 14.5. The van der Waals surface area contributed by atoms with Gasteiger partial charge in [0.15, 0.2) is 0 Å². The molecule has 1 aliphatic heterocycles. The predicted octanol–water partition coefficient (Wildman–Crippen LogP) is 0.758. The van der Waals surface area contributed by atoms with Gasteiger partial charge in [0.25, 0.3) is 0 Å². The van der Waals surface area contributed by atoms with Crippen molar-refractivity contribution in [2.75, 3.05) is 13.1 Å². The highest BCUT2D eigenvalue weighted by molar-refractivity contribution is 5.88. The van der Waals surface area contributed by atoms with Crippen LogP contribution in [-0.4, -0.2) is 46.9 Å². The molecule has 1 atom stereocenters. The number of nitrogens with one attached hydrogen (secondary N) is 1. The third kappa shape index (κ3) is 3.71. The number of hydrogen-bond donors (Lipinski definition) is 2. The Morgan fingerprint density at radius 3 is 2.45 bits per heavy atom. The van der Waals surface area contributed by atoms with E-state index in [0.29, 0.717) is 31.7 Å². The highest BCUT2D eigenvalue weighted by Gasteiger charge is 2.33. The maximum absolute atomic E-state index is 11.9. The number of likely N-dealkylation sites (tertiary alicyclic amines) is 1. The molecule has 20 heavy (non-hydrogen) atoms. The SMILES string of the molecule is O=C(CC1CCCC1)NCC(=O)N1CCC[C@H]1C(=O)O. The molecular formula is C14H22N2O4. The fourth-order valence-corrected chi connectivity index (χ4v) is 3.15. The van der Waals surface area contributed by atoms with Crippen LogP contribution in [0.4, 0.5) is 0 Å². The number of amides is 2.